The van der Waals surface area contributed by atoms with Crippen molar-refractivity contribution in [3.8, 4) is 5.75 Å². The van der Waals surface area contributed by atoms with E-state index in [0.29, 0.717) is 10.6 Å². The summed E-state index contributed by atoms with van der Waals surface area (Å²) < 4.78 is 0.819. The second-order valence-electron chi connectivity index (χ2n) is 4.67. The van der Waals surface area contributed by atoms with Crippen LogP contribution in [0.2, 0.25) is 5.02 Å². The van der Waals surface area contributed by atoms with Gasteiger partial charge in [-0.1, -0.05) is 48.3 Å². The molecule has 1 aromatic carbocycles. The van der Waals surface area contributed by atoms with Crippen LogP contribution >= 0.6 is 27.5 Å². The lowest BCUT2D eigenvalue weighted by molar-refractivity contribution is 0.317. The van der Waals surface area contributed by atoms with Gasteiger partial charge in [0.2, 0.25) is 0 Å². The molecule has 0 amide bonds. The van der Waals surface area contributed by atoms with Crippen LogP contribution in [0.5, 0.6) is 5.75 Å². The van der Waals surface area contributed by atoms with Crippen molar-refractivity contribution in [3.05, 3.63) is 27.2 Å². The summed E-state index contributed by atoms with van der Waals surface area (Å²) in [5, 5.41) is 10.1. The average molecular weight is 293 g/mol. The molecular weight excluding hydrogens is 277 g/mol. The number of benzene rings is 1. The number of hydrogen-bond donors (Lipinski definition) is 2. The van der Waals surface area contributed by atoms with Crippen LogP contribution in [0, 0.1) is 5.41 Å². The van der Waals surface area contributed by atoms with Crippen molar-refractivity contribution in [3.63, 3.8) is 0 Å². The summed E-state index contributed by atoms with van der Waals surface area (Å²) >= 11 is 9.21. The fourth-order valence-corrected chi connectivity index (χ4v) is 2.12. The van der Waals surface area contributed by atoms with E-state index in [1.165, 1.54) is 0 Å². The Labute approximate surface area is 104 Å². The molecule has 15 heavy (non-hydrogen) atoms. The normalized spacial score (nSPS) is 14.0. The molecule has 1 atom stereocenters. The van der Waals surface area contributed by atoms with E-state index in [0.717, 1.165) is 4.47 Å². The highest BCUT2D eigenvalue weighted by Crippen LogP contribution is 2.40. The van der Waals surface area contributed by atoms with Crippen LogP contribution in [0.4, 0.5) is 0 Å². The standard InChI is InChI=1S/C11H15BrClNO/c1-11(2,3)10(14)7-4-6(12)5-8(13)9(7)15/h4-5,10,15H,14H2,1-3H3/t10-/m1/s1. The van der Waals surface area contributed by atoms with Gasteiger partial charge in [-0.2, -0.15) is 0 Å². The molecule has 0 aromatic heterocycles. The molecule has 1 rings (SSSR count). The molecule has 0 unspecified atom stereocenters. The third-order valence-corrected chi connectivity index (χ3v) is 3.07. The number of nitrogens with two attached hydrogens (primary N) is 1. The summed E-state index contributed by atoms with van der Waals surface area (Å²) in [6.45, 7) is 6.06. The first-order chi connectivity index (χ1) is 6.73. The quantitative estimate of drug-likeness (QED) is 0.826. The van der Waals surface area contributed by atoms with E-state index in [1.807, 2.05) is 20.8 Å². The Morgan fingerprint density at radius 2 is 1.93 bits per heavy atom. The number of phenols is 1. The van der Waals surface area contributed by atoms with Crippen molar-refractivity contribution >= 4 is 27.5 Å². The number of aromatic hydroxyl groups is 1. The molecule has 0 saturated heterocycles. The van der Waals surface area contributed by atoms with Crippen molar-refractivity contribution in [2.45, 2.75) is 26.8 Å². The summed E-state index contributed by atoms with van der Waals surface area (Å²) in [6, 6.07) is 3.19. The highest BCUT2D eigenvalue weighted by molar-refractivity contribution is 9.10. The topological polar surface area (TPSA) is 46.2 Å². The zero-order chi connectivity index (χ0) is 11.8. The molecule has 1 aromatic rings. The minimum atomic E-state index is -0.257. The second kappa shape index (κ2) is 4.32. The van der Waals surface area contributed by atoms with Crippen LogP contribution in [-0.2, 0) is 0 Å². The first-order valence-corrected chi connectivity index (χ1v) is 5.84. The number of hydrogen-bond acceptors (Lipinski definition) is 2. The highest BCUT2D eigenvalue weighted by atomic mass is 79.9. The molecule has 0 radical (unpaired) electrons. The summed E-state index contributed by atoms with van der Waals surface area (Å²) in [6.07, 6.45) is 0. The van der Waals surface area contributed by atoms with Crippen molar-refractivity contribution in [2.24, 2.45) is 11.1 Å². The van der Waals surface area contributed by atoms with Crippen molar-refractivity contribution in [1.29, 1.82) is 0 Å². The molecular formula is C11H15BrClNO. The minimum Gasteiger partial charge on any atom is -0.506 e. The van der Waals surface area contributed by atoms with E-state index in [1.54, 1.807) is 12.1 Å². The zero-order valence-electron chi connectivity index (χ0n) is 9.01. The summed E-state index contributed by atoms with van der Waals surface area (Å²) in [5.74, 6) is 0.0716. The lowest BCUT2D eigenvalue weighted by Crippen LogP contribution is -2.26. The van der Waals surface area contributed by atoms with Gasteiger partial charge >= 0.3 is 0 Å². The van der Waals surface area contributed by atoms with Gasteiger partial charge < -0.3 is 10.8 Å². The molecule has 0 saturated carbocycles. The molecule has 0 aliphatic heterocycles. The predicted octanol–water partition coefficient (Wildman–Crippen LogP) is 3.85. The van der Waals surface area contributed by atoms with E-state index in [-0.39, 0.29) is 17.2 Å². The van der Waals surface area contributed by atoms with Crippen LogP contribution in [0.15, 0.2) is 16.6 Å². The Hall–Kier alpha value is -0.250. The van der Waals surface area contributed by atoms with Crippen LogP contribution in [-0.4, -0.2) is 5.11 Å². The van der Waals surface area contributed by atoms with Crippen molar-refractivity contribution < 1.29 is 5.11 Å². The van der Waals surface area contributed by atoms with Gasteiger partial charge in [-0.3, -0.25) is 0 Å². The van der Waals surface area contributed by atoms with E-state index in [9.17, 15) is 5.11 Å². The summed E-state index contributed by atoms with van der Waals surface area (Å²) in [7, 11) is 0. The third kappa shape index (κ3) is 2.86. The molecule has 0 aliphatic carbocycles. The Kier molecular flexibility index (Phi) is 3.69. The Morgan fingerprint density at radius 1 is 1.40 bits per heavy atom. The lowest BCUT2D eigenvalue weighted by atomic mass is 9.83. The first kappa shape index (κ1) is 12.8. The van der Waals surface area contributed by atoms with E-state index < -0.39 is 0 Å². The molecule has 4 heteroatoms. The largest absolute Gasteiger partial charge is 0.506 e. The smallest absolute Gasteiger partial charge is 0.139 e. The number of halogens is 2. The predicted molar refractivity (Wildman–Crippen MR) is 67.2 cm³/mol. The Bertz CT molecular complexity index is 374. The van der Waals surface area contributed by atoms with Gasteiger partial charge in [0.1, 0.15) is 5.75 Å². The van der Waals surface area contributed by atoms with Gasteiger partial charge in [0, 0.05) is 16.1 Å². The molecule has 2 nitrogen and oxygen atoms in total. The third-order valence-electron chi connectivity index (χ3n) is 2.33. The van der Waals surface area contributed by atoms with E-state index in [2.05, 4.69) is 15.9 Å². The van der Waals surface area contributed by atoms with Gasteiger partial charge in [-0.05, 0) is 17.5 Å². The molecule has 3 N–H and O–H groups in total. The van der Waals surface area contributed by atoms with Crippen LogP contribution in [0.25, 0.3) is 0 Å². The summed E-state index contributed by atoms with van der Waals surface area (Å²) in [5.41, 5.74) is 6.62. The average Bonchev–Trinajstić information content (AvgIpc) is 2.08. The molecule has 0 spiro atoms. The maximum absolute atomic E-state index is 9.82. The molecule has 0 aliphatic rings. The van der Waals surface area contributed by atoms with Crippen molar-refractivity contribution in [2.75, 3.05) is 0 Å². The lowest BCUT2D eigenvalue weighted by Gasteiger charge is -2.28. The van der Waals surface area contributed by atoms with Crippen LogP contribution in [0.1, 0.15) is 32.4 Å². The van der Waals surface area contributed by atoms with Gasteiger partial charge in [0.15, 0.2) is 0 Å². The zero-order valence-corrected chi connectivity index (χ0v) is 11.4. The van der Waals surface area contributed by atoms with Gasteiger partial charge in [-0.15, -0.1) is 0 Å². The van der Waals surface area contributed by atoms with E-state index in [4.69, 9.17) is 17.3 Å². The Morgan fingerprint density at radius 3 is 2.40 bits per heavy atom. The molecule has 0 fully saturated rings. The van der Waals surface area contributed by atoms with Gasteiger partial charge in [0.05, 0.1) is 5.02 Å². The van der Waals surface area contributed by atoms with Gasteiger partial charge in [-0.25, -0.2) is 0 Å². The van der Waals surface area contributed by atoms with Crippen LogP contribution in [0.3, 0.4) is 0 Å². The SMILES string of the molecule is CC(C)(C)[C@H](N)c1cc(Br)cc(Cl)c1O. The maximum atomic E-state index is 9.82. The number of rotatable bonds is 1. The molecule has 0 bridgehead atoms. The maximum Gasteiger partial charge on any atom is 0.139 e. The fraction of sp³-hybridized carbons (Fsp3) is 0.455. The first-order valence-electron chi connectivity index (χ1n) is 4.67. The molecule has 0 heterocycles. The fourth-order valence-electron chi connectivity index (χ4n) is 1.29. The summed E-state index contributed by atoms with van der Waals surface area (Å²) in [4.78, 5) is 0. The minimum absolute atomic E-state index is 0.0716. The number of phenolic OH excluding ortho intramolecular Hbond substituents is 1. The Balaban J connectivity index is 3.25. The molecule has 84 valence electrons. The van der Waals surface area contributed by atoms with E-state index >= 15 is 0 Å². The van der Waals surface area contributed by atoms with Gasteiger partial charge in [0.25, 0.3) is 0 Å². The van der Waals surface area contributed by atoms with Crippen molar-refractivity contribution in [1.82, 2.24) is 0 Å². The monoisotopic (exact) mass is 291 g/mol. The highest BCUT2D eigenvalue weighted by Gasteiger charge is 2.25. The second-order valence-corrected chi connectivity index (χ2v) is 5.99. The van der Waals surface area contributed by atoms with Crippen LogP contribution < -0.4 is 5.73 Å².